The number of imidazole rings is 1. The molecule has 0 radical (unpaired) electrons. The lowest BCUT2D eigenvalue weighted by Gasteiger charge is -2.20. The molecule has 20 heavy (non-hydrogen) atoms. The van der Waals surface area contributed by atoms with E-state index < -0.39 is 11.9 Å². The Kier molecular flexibility index (Phi) is 3.69. The Morgan fingerprint density at radius 2 is 2.05 bits per heavy atom. The molecule has 0 aliphatic rings. The minimum Gasteiger partial charge on any atom is -0.369 e. The van der Waals surface area contributed by atoms with Crippen LogP contribution in [0.5, 0.6) is 0 Å². The number of anilines is 1. The smallest absolute Gasteiger partial charge is 0.240 e. The Balaban J connectivity index is 2.70. The number of carbonyl (C=O) groups excluding carboxylic acids is 1. The van der Waals surface area contributed by atoms with Crippen LogP contribution in [0.1, 0.15) is 38.9 Å². The second-order valence-corrected chi connectivity index (χ2v) is 5.42. The molecule has 7 heteroatoms. The third-order valence-corrected chi connectivity index (χ3v) is 3.45. The highest BCUT2D eigenvalue weighted by molar-refractivity contribution is 5.84. The van der Waals surface area contributed by atoms with Crippen molar-refractivity contribution in [3.63, 3.8) is 0 Å². The van der Waals surface area contributed by atoms with Crippen LogP contribution in [-0.4, -0.2) is 25.2 Å². The molecule has 2 aromatic heterocycles. The van der Waals surface area contributed by atoms with Crippen LogP contribution < -0.4 is 11.5 Å². The zero-order valence-corrected chi connectivity index (χ0v) is 12.4. The van der Waals surface area contributed by atoms with Gasteiger partial charge in [0.05, 0.1) is 5.69 Å². The quantitative estimate of drug-likeness (QED) is 0.850. The molecule has 0 fully saturated rings. The van der Waals surface area contributed by atoms with Gasteiger partial charge in [-0.3, -0.25) is 14.0 Å². The van der Waals surface area contributed by atoms with Gasteiger partial charge in [-0.15, -0.1) is 0 Å². The van der Waals surface area contributed by atoms with Crippen LogP contribution in [0.25, 0.3) is 11.2 Å². The Hall–Kier alpha value is -2.05. The molecule has 0 aliphatic carbocycles. The SMILES string of the molecule is CCCc1nn(C)c2c1nc(N)n2C(C(N)=O)C(C)C. The Labute approximate surface area is 117 Å². The van der Waals surface area contributed by atoms with Crippen molar-refractivity contribution in [3.8, 4) is 0 Å². The highest BCUT2D eigenvalue weighted by Crippen LogP contribution is 2.29. The predicted octanol–water partition coefficient (Wildman–Crippen LogP) is 0.987. The van der Waals surface area contributed by atoms with Gasteiger partial charge in [-0.2, -0.15) is 5.10 Å². The molecule has 0 saturated heterocycles. The number of carbonyl (C=O) groups is 1. The van der Waals surface area contributed by atoms with E-state index in [9.17, 15) is 4.79 Å². The Bertz CT molecular complexity index is 639. The standard InChI is InChI=1S/C13H22N6O/c1-5-6-8-9-12(18(4)17-8)19(13(15)16-9)10(7(2)3)11(14)20/h7,10H,5-6H2,1-4H3,(H2,14,20)(H2,15,16). The third-order valence-electron chi connectivity index (χ3n) is 3.45. The van der Waals surface area contributed by atoms with E-state index in [0.29, 0.717) is 5.95 Å². The number of amides is 1. The summed E-state index contributed by atoms with van der Waals surface area (Å²) in [5.74, 6) is -0.0798. The van der Waals surface area contributed by atoms with Crippen molar-refractivity contribution in [1.29, 1.82) is 0 Å². The van der Waals surface area contributed by atoms with Gasteiger partial charge in [-0.25, -0.2) is 4.98 Å². The fraction of sp³-hybridized carbons (Fsp3) is 0.615. The van der Waals surface area contributed by atoms with Crippen molar-refractivity contribution >= 4 is 23.0 Å². The van der Waals surface area contributed by atoms with E-state index in [4.69, 9.17) is 11.5 Å². The Morgan fingerprint density at radius 3 is 2.55 bits per heavy atom. The van der Waals surface area contributed by atoms with Gasteiger partial charge in [0.2, 0.25) is 11.9 Å². The van der Waals surface area contributed by atoms with Crippen LogP contribution in [0.3, 0.4) is 0 Å². The van der Waals surface area contributed by atoms with E-state index in [-0.39, 0.29) is 5.92 Å². The van der Waals surface area contributed by atoms with Crippen LogP contribution in [0.4, 0.5) is 5.95 Å². The van der Waals surface area contributed by atoms with Crippen LogP contribution in [0.2, 0.25) is 0 Å². The summed E-state index contributed by atoms with van der Waals surface area (Å²) in [7, 11) is 1.83. The largest absolute Gasteiger partial charge is 0.369 e. The number of fused-ring (bicyclic) bond motifs is 1. The number of primary amides is 1. The third kappa shape index (κ3) is 2.13. The molecule has 2 heterocycles. The van der Waals surface area contributed by atoms with E-state index in [0.717, 1.165) is 29.7 Å². The lowest BCUT2D eigenvalue weighted by atomic mass is 10.0. The molecule has 4 N–H and O–H groups in total. The second-order valence-electron chi connectivity index (χ2n) is 5.42. The fourth-order valence-electron chi connectivity index (χ4n) is 2.65. The van der Waals surface area contributed by atoms with Crippen LogP contribution in [-0.2, 0) is 18.3 Å². The van der Waals surface area contributed by atoms with Crippen molar-refractivity contribution < 1.29 is 4.79 Å². The first-order chi connectivity index (χ1) is 9.38. The molecule has 1 atom stereocenters. The lowest BCUT2D eigenvalue weighted by Crippen LogP contribution is -2.31. The molecule has 110 valence electrons. The van der Waals surface area contributed by atoms with E-state index in [2.05, 4.69) is 17.0 Å². The van der Waals surface area contributed by atoms with E-state index in [1.165, 1.54) is 0 Å². The second kappa shape index (κ2) is 5.15. The maximum absolute atomic E-state index is 11.8. The van der Waals surface area contributed by atoms with Gasteiger partial charge < -0.3 is 11.5 Å². The maximum Gasteiger partial charge on any atom is 0.240 e. The number of aryl methyl sites for hydroxylation is 2. The first-order valence-electron chi connectivity index (χ1n) is 6.87. The van der Waals surface area contributed by atoms with Crippen molar-refractivity contribution in [2.45, 2.75) is 39.7 Å². The molecule has 0 aliphatic heterocycles. The summed E-state index contributed by atoms with van der Waals surface area (Å²) < 4.78 is 3.43. The van der Waals surface area contributed by atoms with Crippen molar-refractivity contribution in [2.75, 3.05) is 5.73 Å². The average Bonchev–Trinajstić information content (AvgIpc) is 2.79. The number of nitrogen functional groups attached to an aromatic ring is 1. The summed E-state index contributed by atoms with van der Waals surface area (Å²) in [5, 5.41) is 4.47. The van der Waals surface area contributed by atoms with Crippen molar-refractivity contribution in [2.24, 2.45) is 18.7 Å². The number of rotatable bonds is 5. The maximum atomic E-state index is 11.8. The lowest BCUT2D eigenvalue weighted by molar-refractivity contribution is -0.122. The van der Waals surface area contributed by atoms with E-state index in [1.54, 1.807) is 9.25 Å². The van der Waals surface area contributed by atoms with Gasteiger partial charge in [0, 0.05) is 7.05 Å². The number of hydrogen-bond donors (Lipinski definition) is 2. The first kappa shape index (κ1) is 14.4. The summed E-state index contributed by atoms with van der Waals surface area (Å²) in [6.07, 6.45) is 1.80. The fourth-order valence-corrected chi connectivity index (χ4v) is 2.65. The molecule has 0 aromatic carbocycles. The molecule has 0 saturated carbocycles. The van der Waals surface area contributed by atoms with Crippen LogP contribution in [0.15, 0.2) is 0 Å². The van der Waals surface area contributed by atoms with E-state index in [1.807, 2.05) is 20.9 Å². The predicted molar refractivity (Wildman–Crippen MR) is 78.0 cm³/mol. The number of hydrogen-bond acceptors (Lipinski definition) is 4. The van der Waals surface area contributed by atoms with Crippen molar-refractivity contribution in [1.82, 2.24) is 19.3 Å². The summed E-state index contributed by atoms with van der Waals surface area (Å²) >= 11 is 0. The van der Waals surface area contributed by atoms with Gasteiger partial charge in [-0.1, -0.05) is 27.2 Å². The Morgan fingerprint density at radius 1 is 1.40 bits per heavy atom. The zero-order valence-electron chi connectivity index (χ0n) is 12.4. The topological polar surface area (TPSA) is 105 Å². The van der Waals surface area contributed by atoms with Gasteiger partial charge in [0.1, 0.15) is 11.6 Å². The molecule has 2 aromatic rings. The molecule has 0 spiro atoms. The molecule has 1 unspecified atom stereocenters. The van der Waals surface area contributed by atoms with E-state index >= 15 is 0 Å². The molecule has 0 bridgehead atoms. The molecular formula is C13H22N6O. The number of aromatic nitrogens is 4. The number of nitrogens with zero attached hydrogens (tertiary/aromatic N) is 4. The van der Waals surface area contributed by atoms with Gasteiger partial charge >= 0.3 is 0 Å². The minimum atomic E-state index is -0.523. The summed E-state index contributed by atoms with van der Waals surface area (Å²) in [6, 6.07) is -0.523. The molecule has 7 nitrogen and oxygen atoms in total. The van der Waals surface area contributed by atoms with Crippen LogP contribution >= 0.6 is 0 Å². The monoisotopic (exact) mass is 278 g/mol. The van der Waals surface area contributed by atoms with Crippen molar-refractivity contribution in [3.05, 3.63) is 5.69 Å². The van der Waals surface area contributed by atoms with Gasteiger partial charge in [0.15, 0.2) is 5.65 Å². The minimum absolute atomic E-state index is 0.0247. The molecular weight excluding hydrogens is 256 g/mol. The normalized spacial score (nSPS) is 13.2. The van der Waals surface area contributed by atoms with Crippen LogP contribution in [0, 0.1) is 5.92 Å². The number of nitrogens with two attached hydrogens (primary N) is 2. The highest BCUT2D eigenvalue weighted by atomic mass is 16.1. The first-order valence-corrected chi connectivity index (χ1v) is 6.87. The highest BCUT2D eigenvalue weighted by Gasteiger charge is 2.28. The summed E-state index contributed by atoms with van der Waals surface area (Å²) in [6.45, 7) is 5.95. The molecule has 2 rings (SSSR count). The summed E-state index contributed by atoms with van der Waals surface area (Å²) in [4.78, 5) is 16.2. The van der Waals surface area contributed by atoms with Gasteiger partial charge in [0.25, 0.3) is 0 Å². The molecule has 1 amide bonds. The summed E-state index contributed by atoms with van der Waals surface area (Å²) in [5.41, 5.74) is 14.0. The van der Waals surface area contributed by atoms with Gasteiger partial charge in [-0.05, 0) is 12.3 Å². The zero-order chi connectivity index (χ0) is 15.0. The average molecular weight is 278 g/mol.